The first-order valence-electron chi connectivity index (χ1n) is 6.34. The van der Waals surface area contributed by atoms with Gasteiger partial charge in [0.2, 0.25) is 0 Å². The van der Waals surface area contributed by atoms with E-state index in [0.29, 0.717) is 5.92 Å². The number of aromatic nitrogens is 2. The molecule has 0 spiro atoms. The maximum Gasteiger partial charge on any atom is 0.132 e. The number of nitrogens with two attached hydrogens (primary N) is 1. The van der Waals surface area contributed by atoms with Crippen molar-refractivity contribution in [1.29, 1.82) is 0 Å². The Morgan fingerprint density at radius 2 is 2.39 bits per heavy atom. The molecule has 5 heteroatoms. The molecule has 0 radical (unpaired) electrons. The number of likely N-dealkylation sites (tertiary alicyclic amines) is 1. The summed E-state index contributed by atoms with van der Waals surface area (Å²) in [4.78, 5) is 7.15. The molecule has 1 aliphatic heterocycles. The van der Waals surface area contributed by atoms with Crippen molar-refractivity contribution in [3.63, 3.8) is 0 Å². The van der Waals surface area contributed by atoms with Crippen LogP contribution in [-0.4, -0.2) is 33.9 Å². The number of hydrogen-bond donors (Lipinski definition) is 1. The number of hydrogen-bond acceptors (Lipinski definition) is 3. The highest BCUT2D eigenvalue weighted by atomic mass is 79.9. The monoisotopic (exact) mass is 308 g/mol. The van der Waals surface area contributed by atoms with E-state index < -0.39 is 0 Å². The summed E-state index contributed by atoms with van der Waals surface area (Å²) in [6.07, 6.45) is 3.20. The quantitative estimate of drug-likeness (QED) is 0.927. The lowest BCUT2D eigenvalue weighted by Gasteiger charge is -2.12. The zero-order valence-corrected chi connectivity index (χ0v) is 12.0. The van der Waals surface area contributed by atoms with Crippen LogP contribution in [0.5, 0.6) is 0 Å². The molecule has 0 aromatic carbocycles. The third-order valence-electron chi connectivity index (χ3n) is 3.73. The Morgan fingerprint density at radius 1 is 1.56 bits per heavy atom. The van der Waals surface area contributed by atoms with Gasteiger partial charge in [-0.05, 0) is 47.6 Å². The number of anilines is 1. The van der Waals surface area contributed by atoms with Gasteiger partial charge in [0.25, 0.3) is 0 Å². The SMILES string of the molecule is CCN1CCC(c2nc(Br)c3cc(N)ccn23)C1. The minimum absolute atomic E-state index is 0.521. The van der Waals surface area contributed by atoms with Gasteiger partial charge >= 0.3 is 0 Å². The van der Waals surface area contributed by atoms with Gasteiger partial charge in [-0.1, -0.05) is 6.92 Å². The molecule has 1 fully saturated rings. The van der Waals surface area contributed by atoms with Crippen LogP contribution in [0.25, 0.3) is 5.52 Å². The predicted molar refractivity (Wildman–Crippen MR) is 76.8 cm³/mol. The van der Waals surface area contributed by atoms with Crippen LogP contribution >= 0.6 is 15.9 Å². The van der Waals surface area contributed by atoms with E-state index in [-0.39, 0.29) is 0 Å². The Labute approximate surface area is 115 Å². The van der Waals surface area contributed by atoms with E-state index in [4.69, 9.17) is 5.73 Å². The smallest absolute Gasteiger partial charge is 0.132 e. The molecule has 1 unspecified atom stereocenters. The van der Waals surface area contributed by atoms with Gasteiger partial charge in [-0.3, -0.25) is 0 Å². The Bertz CT molecular complexity index is 578. The minimum atomic E-state index is 0.521. The molecule has 96 valence electrons. The van der Waals surface area contributed by atoms with E-state index >= 15 is 0 Å². The molecular formula is C13H17BrN4. The van der Waals surface area contributed by atoms with E-state index in [9.17, 15) is 0 Å². The molecule has 1 saturated heterocycles. The van der Waals surface area contributed by atoms with Crippen LogP contribution < -0.4 is 5.73 Å². The average molecular weight is 309 g/mol. The number of nitrogens with zero attached hydrogens (tertiary/aromatic N) is 3. The second-order valence-electron chi connectivity index (χ2n) is 4.85. The van der Waals surface area contributed by atoms with Gasteiger partial charge in [-0.15, -0.1) is 0 Å². The zero-order valence-electron chi connectivity index (χ0n) is 10.4. The average Bonchev–Trinajstić information content (AvgIpc) is 2.95. The number of halogens is 1. The zero-order chi connectivity index (χ0) is 12.7. The van der Waals surface area contributed by atoms with Crippen LogP contribution in [-0.2, 0) is 0 Å². The fourth-order valence-electron chi connectivity index (χ4n) is 2.71. The van der Waals surface area contributed by atoms with Crippen molar-refractivity contribution < 1.29 is 0 Å². The van der Waals surface area contributed by atoms with E-state index in [0.717, 1.165) is 34.7 Å². The van der Waals surface area contributed by atoms with E-state index in [1.165, 1.54) is 13.0 Å². The van der Waals surface area contributed by atoms with E-state index in [2.05, 4.69) is 37.1 Å². The van der Waals surface area contributed by atoms with E-state index in [1.54, 1.807) is 0 Å². The van der Waals surface area contributed by atoms with Crippen molar-refractivity contribution in [3.05, 3.63) is 28.8 Å². The number of nitrogen functional groups attached to an aromatic ring is 1. The maximum absolute atomic E-state index is 5.83. The highest BCUT2D eigenvalue weighted by Gasteiger charge is 2.26. The van der Waals surface area contributed by atoms with Gasteiger partial charge in [0.1, 0.15) is 10.4 Å². The predicted octanol–water partition coefficient (Wildman–Crippen LogP) is 2.49. The summed E-state index contributed by atoms with van der Waals surface area (Å²) < 4.78 is 3.05. The number of rotatable bonds is 2. The number of likely N-dealkylation sites (N-methyl/N-ethyl adjacent to an activating group) is 1. The molecule has 2 aromatic heterocycles. The number of imidazole rings is 1. The third-order valence-corrected chi connectivity index (χ3v) is 4.32. The van der Waals surface area contributed by atoms with Crippen LogP contribution in [0.2, 0.25) is 0 Å². The molecule has 1 atom stereocenters. The minimum Gasteiger partial charge on any atom is -0.399 e. The lowest BCUT2D eigenvalue weighted by atomic mass is 10.1. The lowest BCUT2D eigenvalue weighted by molar-refractivity contribution is 0.352. The molecule has 18 heavy (non-hydrogen) atoms. The topological polar surface area (TPSA) is 46.6 Å². The van der Waals surface area contributed by atoms with Crippen molar-refractivity contribution in [2.45, 2.75) is 19.3 Å². The normalized spacial score (nSPS) is 20.9. The van der Waals surface area contributed by atoms with Crippen LogP contribution in [0.3, 0.4) is 0 Å². The first-order valence-corrected chi connectivity index (χ1v) is 7.13. The second-order valence-corrected chi connectivity index (χ2v) is 5.61. The fourth-order valence-corrected chi connectivity index (χ4v) is 3.19. The molecule has 3 rings (SSSR count). The van der Waals surface area contributed by atoms with Gasteiger partial charge in [-0.25, -0.2) is 4.98 Å². The first-order chi connectivity index (χ1) is 8.69. The molecule has 0 bridgehead atoms. The second kappa shape index (κ2) is 4.55. The number of fused-ring (bicyclic) bond motifs is 1. The van der Waals surface area contributed by atoms with Crippen LogP contribution in [0.15, 0.2) is 22.9 Å². The van der Waals surface area contributed by atoms with Gasteiger partial charge in [0.15, 0.2) is 0 Å². The van der Waals surface area contributed by atoms with Crippen molar-refractivity contribution in [1.82, 2.24) is 14.3 Å². The highest BCUT2D eigenvalue weighted by molar-refractivity contribution is 9.10. The lowest BCUT2D eigenvalue weighted by Crippen LogP contribution is -2.19. The Balaban J connectivity index is 2.03. The molecule has 2 aromatic rings. The first kappa shape index (κ1) is 12.0. The van der Waals surface area contributed by atoms with Crippen molar-refractivity contribution in [2.75, 3.05) is 25.4 Å². The largest absolute Gasteiger partial charge is 0.399 e. The Kier molecular flexibility index (Phi) is 3.03. The standard InChI is InChI=1S/C13H17BrN4/c1-2-17-5-3-9(8-17)13-16-12(14)11-7-10(15)4-6-18(11)13/h4,6-7,9H,2-3,5,8,15H2,1H3. The Hall–Kier alpha value is -1.07. The number of pyridine rings is 1. The van der Waals surface area contributed by atoms with Gasteiger partial charge in [0.05, 0.1) is 5.52 Å². The highest BCUT2D eigenvalue weighted by Crippen LogP contribution is 2.30. The molecular weight excluding hydrogens is 292 g/mol. The van der Waals surface area contributed by atoms with Gasteiger partial charge in [0, 0.05) is 24.3 Å². The maximum atomic E-state index is 5.83. The van der Waals surface area contributed by atoms with E-state index in [1.807, 2.05) is 18.3 Å². The molecule has 2 N–H and O–H groups in total. The summed E-state index contributed by atoms with van der Waals surface area (Å²) in [6, 6.07) is 3.89. The van der Waals surface area contributed by atoms with Gasteiger partial charge in [-0.2, -0.15) is 0 Å². The molecule has 0 amide bonds. The molecule has 0 aliphatic carbocycles. The summed E-state index contributed by atoms with van der Waals surface area (Å²) in [5.41, 5.74) is 7.66. The summed E-state index contributed by atoms with van der Waals surface area (Å²) in [6.45, 7) is 5.60. The molecule has 1 aliphatic rings. The van der Waals surface area contributed by atoms with Gasteiger partial charge < -0.3 is 15.0 Å². The van der Waals surface area contributed by atoms with Crippen LogP contribution in [0.4, 0.5) is 5.69 Å². The Morgan fingerprint density at radius 3 is 3.11 bits per heavy atom. The van der Waals surface area contributed by atoms with Crippen molar-refractivity contribution in [2.24, 2.45) is 0 Å². The summed E-state index contributed by atoms with van der Waals surface area (Å²) >= 11 is 3.53. The summed E-state index contributed by atoms with van der Waals surface area (Å²) in [5.74, 6) is 1.67. The third kappa shape index (κ3) is 1.91. The summed E-state index contributed by atoms with van der Waals surface area (Å²) in [7, 11) is 0. The van der Waals surface area contributed by atoms with Crippen molar-refractivity contribution >= 4 is 27.1 Å². The molecule has 0 saturated carbocycles. The fraction of sp³-hybridized carbons (Fsp3) is 0.462. The molecule has 4 nitrogen and oxygen atoms in total. The van der Waals surface area contributed by atoms with Crippen molar-refractivity contribution in [3.8, 4) is 0 Å². The van der Waals surface area contributed by atoms with Crippen LogP contribution in [0, 0.1) is 0 Å². The van der Waals surface area contributed by atoms with Crippen LogP contribution in [0.1, 0.15) is 25.1 Å². The summed E-state index contributed by atoms with van der Waals surface area (Å²) in [5, 5.41) is 0. The molecule has 3 heterocycles.